The van der Waals surface area contributed by atoms with Crippen LogP contribution < -0.4 is 14.8 Å². The highest BCUT2D eigenvalue weighted by Crippen LogP contribution is 2.30. The zero-order valence-electron chi connectivity index (χ0n) is 17.5. The smallest absolute Gasteiger partial charge is 0.387 e. The molecular formula is C22H28F2N2O3. The summed E-state index contributed by atoms with van der Waals surface area (Å²) < 4.78 is 35.0. The third-order valence-corrected chi connectivity index (χ3v) is 4.64. The third kappa shape index (κ3) is 6.42. The highest BCUT2D eigenvalue weighted by Gasteiger charge is 2.20. The van der Waals surface area contributed by atoms with E-state index in [1.807, 2.05) is 50.9 Å². The Morgan fingerprint density at radius 1 is 1.14 bits per heavy atom. The lowest BCUT2D eigenvalue weighted by atomic mass is 10.1. The molecule has 158 valence electrons. The first-order valence-electron chi connectivity index (χ1n) is 9.50. The number of likely N-dealkylation sites (N-methyl/N-ethyl adjacent to an activating group) is 1. The summed E-state index contributed by atoms with van der Waals surface area (Å²) in [6.45, 7) is 5.39. The number of aryl methyl sites for hydroxylation is 2. The van der Waals surface area contributed by atoms with Gasteiger partial charge in [-0.3, -0.25) is 9.69 Å². The fourth-order valence-electron chi connectivity index (χ4n) is 2.93. The molecule has 0 aliphatic heterocycles. The van der Waals surface area contributed by atoms with E-state index >= 15 is 0 Å². The molecule has 0 aliphatic rings. The van der Waals surface area contributed by atoms with Crippen LogP contribution in [0.2, 0.25) is 0 Å². The summed E-state index contributed by atoms with van der Waals surface area (Å²) in [5.74, 6) is 0.127. The largest absolute Gasteiger partial charge is 0.490 e. The highest BCUT2D eigenvalue weighted by molar-refractivity contribution is 5.95. The third-order valence-electron chi connectivity index (χ3n) is 4.64. The minimum absolute atomic E-state index is 0.00566. The van der Waals surface area contributed by atoms with E-state index in [-0.39, 0.29) is 17.4 Å². The number of ether oxygens (including phenoxy) is 2. The molecule has 0 spiro atoms. The Labute approximate surface area is 170 Å². The number of carbonyl (C=O) groups is 1. The number of hydrogen-bond donors (Lipinski definition) is 1. The zero-order valence-corrected chi connectivity index (χ0v) is 17.5. The number of halogens is 2. The summed E-state index contributed by atoms with van der Waals surface area (Å²) in [6, 6.07) is 10.3. The van der Waals surface area contributed by atoms with Crippen LogP contribution in [-0.4, -0.2) is 37.1 Å². The lowest BCUT2D eigenvalue weighted by Gasteiger charge is -2.25. The molecule has 0 bridgehead atoms. The Morgan fingerprint density at radius 2 is 1.86 bits per heavy atom. The number of amides is 1. The molecule has 0 saturated heterocycles. The predicted molar refractivity (Wildman–Crippen MR) is 110 cm³/mol. The van der Waals surface area contributed by atoms with Crippen LogP contribution in [0.1, 0.15) is 30.5 Å². The van der Waals surface area contributed by atoms with E-state index in [9.17, 15) is 13.6 Å². The first-order valence-corrected chi connectivity index (χ1v) is 9.50. The number of anilines is 1. The summed E-state index contributed by atoms with van der Waals surface area (Å²) >= 11 is 0. The van der Waals surface area contributed by atoms with Crippen molar-refractivity contribution in [3.63, 3.8) is 0 Å². The average molecular weight is 406 g/mol. The fourth-order valence-corrected chi connectivity index (χ4v) is 2.93. The van der Waals surface area contributed by atoms with E-state index in [0.717, 1.165) is 22.4 Å². The van der Waals surface area contributed by atoms with Gasteiger partial charge in [-0.15, -0.1) is 0 Å². The van der Waals surface area contributed by atoms with Crippen molar-refractivity contribution in [2.75, 3.05) is 19.0 Å². The van der Waals surface area contributed by atoms with Crippen LogP contribution in [0, 0.1) is 13.8 Å². The van der Waals surface area contributed by atoms with Crippen LogP contribution in [0.15, 0.2) is 36.4 Å². The van der Waals surface area contributed by atoms with Gasteiger partial charge in [0.05, 0.1) is 12.6 Å². The van der Waals surface area contributed by atoms with Crippen molar-refractivity contribution in [2.45, 2.75) is 46.9 Å². The van der Waals surface area contributed by atoms with Crippen LogP contribution in [-0.2, 0) is 11.3 Å². The maximum Gasteiger partial charge on any atom is 0.387 e. The second kappa shape index (κ2) is 10.2. The second-order valence-corrected chi connectivity index (χ2v) is 6.99. The molecule has 29 heavy (non-hydrogen) atoms. The number of hydrogen-bond acceptors (Lipinski definition) is 4. The van der Waals surface area contributed by atoms with E-state index in [2.05, 4.69) is 10.1 Å². The van der Waals surface area contributed by atoms with Crippen molar-refractivity contribution < 1.29 is 23.0 Å². The van der Waals surface area contributed by atoms with Crippen LogP contribution in [0.4, 0.5) is 14.5 Å². The lowest BCUT2D eigenvalue weighted by molar-refractivity contribution is -0.120. The molecule has 0 radical (unpaired) electrons. The van der Waals surface area contributed by atoms with Gasteiger partial charge in [0.15, 0.2) is 11.5 Å². The minimum Gasteiger partial charge on any atom is -0.490 e. The first-order chi connectivity index (χ1) is 13.7. The summed E-state index contributed by atoms with van der Waals surface area (Å²) in [4.78, 5) is 14.5. The van der Waals surface area contributed by atoms with Gasteiger partial charge in [0.25, 0.3) is 0 Å². The van der Waals surface area contributed by atoms with Gasteiger partial charge in [0.2, 0.25) is 5.91 Å². The van der Waals surface area contributed by atoms with Gasteiger partial charge in [0.1, 0.15) is 0 Å². The molecule has 2 aromatic rings. The highest BCUT2D eigenvalue weighted by atomic mass is 19.3. The standard InChI is InChI=1S/C22H28F2N2O3/c1-6-28-20-12-17(8-10-19(20)29-22(23)24)13-26(5)16(4)21(27)25-18-9-7-14(2)11-15(18)3/h7-12,16,22H,6,13H2,1-5H3,(H,25,27). The van der Waals surface area contributed by atoms with Crippen molar-refractivity contribution in [3.05, 3.63) is 53.1 Å². The van der Waals surface area contributed by atoms with Crippen molar-refractivity contribution in [3.8, 4) is 11.5 Å². The average Bonchev–Trinajstić information content (AvgIpc) is 2.65. The Bertz CT molecular complexity index is 843. The van der Waals surface area contributed by atoms with Gasteiger partial charge in [0, 0.05) is 12.2 Å². The summed E-state index contributed by atoms with van der Waals surface area (Å²) in [7, 11) is 1.83. The summed E-state index contributed by atoms with van der Waals surface area (Å²) in [5.41, 5.74) is 3.75. The number of alkyl halides is 2. The molecule has 0 heterocycles. The Kier molecular flexibility index (Phi) is 7.96. The van der Waals surface area contributed by atoms with Gasteiger partial charge in [-0.1, -0.05) is 23.8 Å². The maximum absolute atomic E-state index is 12.6. The van der Waals surface area contributed by atoms with E-state index in [0.29, 0.717) is 13.2 Å². The van der Waals surface area contributed by atoms with E-state index in [4.69, 9.17) is 4.74 Å². The normalized spacial score (nSPS) is 12.2. The number of nitrogens with zero attached hydrogens (tertiary/aromatic N) is 1. The van der Waals surface area contributed by atoms with Crippen molar-refractivity contribution in [1.29, 1.82) is 0 Å². The van der Waals surface area contributed by atoms with E-state index in [1.54, 1.807) is 19.1 Å². The summed E-state index contributed by atoms with van der Waals surface area (Å²) in [6.07, 6.45) is 0. The Hall–Kier alpha value is -2.67. The SMILES string of the molecule is CCOc1cc(CN(C)C(C)C(=O)Nc2ccc(C)cc2C)ccc1OC(F)F. The van der Waals surface area contributed by atoms with Gasteiger partial charge in [-0.2, -0.15) is 8.78 Å². The van der Waals surface area contributed by atoms with Crippen LogP contribution >= 0.6 is 0 Å². The molecule has 2 rings (SSSR count). The molecule has 0 saturated carbocycles. The maximum atomic E-state index is 12.6. The first kappa shape index (κ1) is 22.6. The van der Waals surface area contributed by atoms with Crippen molar-refractivity contribution in [1.82, 2.24) is 4.90 Å². The molecule has 5 nitrogen and oxygen atoms in total. The molecule has 1 amide bonds. The molecule has 0 aromatic heterocycles. The number of nitrogens with one attached hydrogen (secondary N) is 1. The molecule has 7 heteroatoms. The van der Waals surface area contributed by atoms with Crippen molar-refractivity contribution >= 4 is 11.6 Å². The number of benzene rings is 2. The number of rotatable bonds is 9. The minimum atomic E-state index is -2.92. The molecule has 2 aromatic carbocycles. The Balaban J connectivity index is 2.06. The van der Waals surface area contributed by atoms with Gasteiger partial charge in [-0.25, -0.2) is 0 Å². The van der Waals surface area contributed by atoms with Gasteiger partial charge in [-0.05, 0) is 64.1 Å². The van der Waals surface area contributed by atoms with E-state index in [1.165, 1.54) is 6.07 Å². The van der Waals surface area contributed by atoms with Crippen LogP contribution in [0.25, 0.3) is 0 Å². The predicted octanol–water partition coefficient (Wildman–Crippen LogP) is 4.76. The Morgan fingerprint density at radius 3 is 2.48 bits per heavy atom. The monoisotopic (exact) mass is 406 g/mol. The lowest BCUT2D eigenvalue weighted by Crippen LogP contribution is -2.39. The molecular weight excluding hydrogens is 378 g/mol. The van der Waals surface area contributed by atoms with Gasteiger partial charge < -0.3 is 14.8 Å². The topological polar surface area (TPSA) is 50.8 Å². The zero-order chi connectivity index (χ0) is 21.6. The quantitative estimate of drug-likeness (QED) is 0.652. The van der Waals surface area contributed by atoms with Crippen LogP contribution in [0.5, 0.6) is 11.5 Å². The molecule has 1 unspecified atom stereocenters. The van der Waals surface area contributed by atoms with E-state index < -0.39 is 12.7 Å². The second-order valence-electron chi connectivity index (χ2n) is 6.99. The van der Waals surface area contributed by atoms with Crippen LogP contribution in [0.3, 0.4) is 0 Å². The molecule has 0 fully saturated rings. The molecule has 1 N–H and O–H groups in total. The van der Waals surface area contributed by atoms with Crippen molar-refractivity contribution in [2.24, 2.45) is 0 Å². The fraction of sp³-hybridized carbons (Fsp3) is 0.409. The van der Waals surface area contributed by atoms with Gasteiger partial charge >= 0.3 is 6.61 Å². The molecule has 1 atom stereocenters. The number of carbonyl (C=O) groups excluding carboxylic acids is 1. The summed E-state index contributed by atoms with van der Waals surface area (Å²) in [5, 5.41) is 2.96. The molecule has 0 aliphatic carbocycles.